The van der Waals surface area contributed by atoms with E-state index in [1.54, 1.807) is 24.3 Å². The number of ether oxygens (including phenoxy) is 1. The van der Waals surface area contributed by atoms with Gasteiger partial charge >= 0.3 is 0 Å². The first-order valence-electron chi connectivity index (χ1n) is 9.80. The zero-order valence-corrected chi connectivity index (χ0v) is 18.5. The Morgan fingerprint density at radius 2 is 1.19 bits per heavy atom. The van der Waals surface area contributed by atoms with Gasteiger partial charge in [-0.2, -0.15) is 0 Å². The van der Waals surface area contributed by atoms with Crippen LogP contribution in [0.2, 0.25) is 0 Å². The van der Waals surface area contributed by atoms with Crippen molar-refractivity contribution in [2.75, 3.05) is 0 Å². The highest BCUT2D eigenvalue weighted by molar-refractivity contribution is 7.85. The molecule has 0 atom stereocenters. The molecular weight excluding hydrogens is 426 g/mol. The minimum Gasteiger partial charge on any atom is -0.488 e. The molecule has 0 aliphatic heterocycles. The van der Waals surface area contributed by atoms with Gasteiger partial charge in [0, 0.05) is 21.5 Å². The Bertz CT molecular complexity index is 1150. The van der Waals surface area contributed by atoms with Crippen LogP contribution in [0.3, 0.4) is 0 Å². The molecule has 0 radical (unpaired) electrons. The fraction of sp³-hybridized carbons (Fsp3) is 0.0400. The number of para-hydroxylation sites is 1. The summed E-state index contributed by atoms with van der Waals surface area (Å²) in [6.45, 7) is 0.153. The summed E-state index contributed by atoms with van der Waals surface area (Å²) < 4.78 is 20.7. The van der Waals surface area contributed by atoms with Gasteiger partial charge in [-0.25, -0.2) is 0 Å². The largest absolute Gasteiger partial charge is 0.488 e. The van der Waals surface area contributed by atoms with E-state index in [1.165, 1.54) is 0 Å². The molecule has 4 aromatic rings. The Morgan fingerprint density at radius 1 is 0.677 bits per heavy atom. The van der Waals surface area contributed by atoms with Crippen molar-refractivity contribution in [2.24, 2.45) is 0 Å². The Morgan fingerprint density at radius 3 is 1.81 bits per heavy atom. The summed E-state index contributed by atoms with van der Waals surface area (Å²) >= 11 is 0. The molecule has 4 aromatic carbocycles. The van der Waals surface area contributed by atoms with Gasteiger partial charge in [0.2, 0.25) is 8.38 Å². The third-order valence-corrected chi connectivity index (χ3v) is 9.00. The summed E-state index contributed by atoms with van der Waals surface area (Å²) in [6, 6.07) is 33.4. The molecule has 0 amide bonds. The van der Waals surface area contributed by atoms with Gasteiger partial charge in [-0.15, -0.1) is 0 Å². The maximum atomic E-state index is 14.7. The molecule has 0 saturated heterocycles. The van der Waals surface area contributed by atoms with E-state index in [1.807, 2.05) is 84.9 Å². The lowest BCUT2D eigenvalue weighted by Crippen LogP contribution is -2.28. The average Bonchev–Trinajstić information content (AvgIpc) is 2.83. The van der Waals surface area contributed by atoms with Gasteiger partial charge in [-0.1, -0.05) is 97.1 Å². The third kappa shape index (κ3) is 4.49. The SMILES string of the molecule is O=P(c1ccccc1)(c1ccccc1)c1ccccc1COc1ccccc1P(O)O. The Hall–Kier alpha value is -2.74. The van der Waals surface area contributed by atoms with Crippen LogP contribution in [0.15, 0.2) is 109 Å². The van der Waals surface area contributed by atoms with Gasteiger partial charge < -0.3 is 19.1 Å². The molecule has 0 heterocycles. The Kier molecular flexibility index (Phi) is 6.65. The summed E-state index contributed by atoms with van der Waals surface area (Å²) in [4.78, 5) is 19.4. The van der Waals surface area contributed by atoms with Crippen LogP contribution >= 0.6 is 15.5 Å². The second-order valence-corrected chi connectivity index (χ2v) is 10.7. The molecule has 0 aliphatic rings. The maximum Gasteiger partial charge on any atom is 0.203 e. The van der Waals surface area contributed by atoms with Crippen molar-refractivity contribution in [1.82, 2.24) is 0 Å². The first-order valence-corrected chi connectivity index (χ1v) is 12.8. The molecule has 156 valence electrons. The molecule has 0 saturated carbocycles. The van der Waals surface area contributed by atoms with E-state index in [9.17, 15) is 14.4 Å². The molecular formula is C25H22O4P2. The molecule has 0 aliphatic carbocycles. The predicted octanol–water partition coefficient (Wildman–Crippen LogP) is 3.83. The number of hydrogen-bond acceptors (Lipinski definition) is 4. The van der Waals surface area contributed by atoms with Crippen LogP contribution < -0.4 is 26.0 Å². The second-order valence-electron chi connectivity index (χ2n) is 6.95. The van der Waals surface area contributed by atoms with Crippen LogP contribution in [0.5, 0.6) is 5.75 Å². The first kappa shape index (κ1) is 21.5. The highest BCUT2D eigenvalue weighted by atomic mass is 31.2. The molecule has 4 nitrogen and oxygen atoms in total. The van der Waals surface area contributed by atoms with Crippen LogP contribution in [0.25, 0.3) is 0 Å². The average molecular weight is 448 g/mol. The summed E-state index contributed by atoms with van der Waals surface area (Å²) in [7, 11) is -5.42. The molecule has 6 heteroatoms. The minimum atomic E-state index is -3.14. The van der Waals surface area contributed by atoms with Gasteiger partial charge in [-0.3, -0.25) is 0 Å². The zero-order chi connectivity index (χ0) is 21.7. The van der Waals surface area contributed by atoms with Gasteiger partial charge in [-0.05, 0) is 12.1 Å². The second kappa shape index (κ2) is 9.60. The Balaban J connectivity index is 1.78. The number of benzene rings is 4. The van der Waals surface area contributed by atoms with Gasteiger partial charge in [0.25, 0.3) is 0 Å². The lowest BCUT2D eigenvalue weighted by Gasteiger charge is -2.23. The van der Waals surface area contributed by atoms with Crippen molar-refractivity contribution in [3.8, 4) is 5.75 Å². The Labute approximate surface area is 183 Å². The minimum absolute atomic E-state index is 0.153. The van der Waals surface area contributed by atoms with Crippen molar-refractivity contribution in [1.29, 1.82) is 0 Å². The van der Waals surface area contributed by atoms with Crippen LogP contribution in [0.4, 0.5) is 0 Å². The summed E-state index contributed by atoms with van der Waals surface area (Å²) in [5.41, 5.74) is 0.786. The predicted molar refractivity (Wildman–Crippen MR) is 128 cm³/mol. The van der Waals surface area contributed by atoms with Crippen molar-refractivity contribution < 1.29 is 19.1 Å². The van der Waals surface area contributed by atoms with Crippen molar-refractivity contribution in [2.45, 2.75) is 6.61 Å². The quantitative estimate of drug-likeness (QED) is 0.422. The lowest BCUT2D eigenvalue weighted by molar-refractivity contribution is 0.309. The molecule has 0 fully saturated rings. The van der Waals surface area contributed by atoms with Crippen LogP contribution in [0.1, 0.15) is 5.56 Å². The first-order chi connectivity index (χ1) is 15.1. The van der Waals surface area contributed by atoms with E-state index in [2.05, 4.69) is 0 Å². The van der Waals surface area contributed by atoms with E-state index in [-0.39, 0.29) is 6.61 Å². The molecule has 4 rings (SSSR count). The third-order valence-electron chi connectivity index (χ3n) is 5.03. The van der Waals surface area contributed by atoms with Crippen LogP contribution in [-0.2, 0) is 11.2 Å². The fourth-order valence-corrected chi connectivity index (χ4v) is 6.98. The zero-order valence-electron chi connectivity index (χ0n) is 16.7. The summed E-state index contributed by atoms with van der Waals surface area (Å²) in [6.07, 6.45) is 0. The highest BCUT2D eigenvalue weighted by Gasteiger charge is 2.31. The summed E-state index contributed by atoms with van der Waals surface area (Å²) in [5, 5.41) is 2.57. The van der Waals surface area contributed by atoms with Crippen molar-refractivity contribution >= 4 is 36.7 Å². The molecule has 0 spiro atoms. The topological polar surface area (TPSA) is 66.8 Å². The van der Waals surface area contributed by atoms with Crippen LogP contribution in [-0.4, -0.2) is 9.79 Å². The van der Waals surface area contributed by atoms with E-state index in [0.29, 0.717) is 16.4 Å². The van der Waals surface area contributed by atoms with Gasteiger partial charge in [0.1, 0.15) is 12.4 Å². The smallest absolute Gasteiger partial charge is 0.203 e. The monoisotopic (exact) mass is 448 g/mol. The standard InChI is InChI=1S/C25H22O4P2/c26-30(27)24-17-9-8-16-23(24)29-19-20-11-7-10-18-25(20)31(28,21-12-3-1-4-13-21)22-14-5-2-6-15-22/h1-18,26-27H,19H2. The van der Waals surface area contributed by atoms with E-state index in [4.69, 9.17) is 4.74 Å². The molecule has 0 bridgehead atoms. The van der Waals surface area contributed by atoms with Crippen molar-refractivity contribution in [3.05, 3.63) is 115 Å². The van der Waals surface area contributed by atoms with Gasteiger partial charge in [0.05, 0.1) is 5.30 Å². The van der Waals surface area contributed by atoms with Crippen molar-refractivity contribution in [3.63, 3.8) is 0 Å². The highest BCUT2D eigenvalue weighted by Crippen LogP contribution is 2.43. The normalized spacial score (nSPS) is 11.5. The number of rotatable bonds is 7. The molecule has 31 heavy (non-hydrogen) atoms. The van der Waals surface area contributed by atoms with E-state index in [0.717, 1.165) is 16.2 Å². The fourth-order valence-electron chi connectivity index (χ4n) is 3.54. The van der Waals surface area contributed by atoms with E-state index < -0.39 is 15.5 Å². The lowest BCUT2D eigenvalue weighted by atomic mass is 10.2. The number of hydrogen-bond donors (Lipinski definition) is 2. The maximum absolute atomic E-state index is 14.7. The molecule has 0 aromatic heterocycles. The van der Waals surface area contributed by atoms with Gasteiger partial charge in [0.15, 0.2) is 7.14 Å². The molecule has 0 unspecified atom stereocenters. The summed E-state index contributed by atoms with van der Waals surface area (Å²) in [5.74, 6) is 0.405. The molecule has 2 N–H and O–H groups in total. The van der Waals surface area contributed by atoms with E-state index >= 15 is 0 Å². The van der Waals surface area contributed by atoms with Crippen LogP contribution in [0, 0.1) is 0 Å².